The van der Waals surface area contributed by atoms with Crippen LogP contribution in [0.5, 0.6) is 5.75 Å². The fourth-order valence-corrected chi connectivity index (χ4v) is 3.87. The third-order valence-electron chi connectivity index (χ3n) is 4.71. The molecule has 0 saturated carbocycles. The Morgan fingerprint density at radius 3 is 1.96 bits per heavy atom. The van der Waals surface area contributed by atoms with Crippen molar-refractivity contribution in [3.63, 3.8) is 0 Å². The van der Waals surface area contributed by atoms with Crippen LogP contribution >= 0.6 is 0 Å². The normalized spacial score (nSPS) is 14.9. The topological polar surface area (TPSA) is 9.23 Å². The van der Waals surface area contributed by atoms with E-state index >= 15 is 0 Å². The fourth-order valence-electron chi connectivity index (χ4n) is 3.73. The van der Waals surface area contributed by atoms with Gasteiger partial charge in [-0.1, -0.05) is 54.6 Å². The van der Waals surface area contributed by atoms with Crippen LogP contribution in [-0.2, 0) is 0 Å². The predicted molar refractivity (Wildman–Crippen MR) is 99.1 cm³/mol. The van der Waals surface area contributed by atoms with Crippen molar-refractivity contribution < 1.29 is 4.74 Å². The molecule has 0 N–H and O–H groups in total. The van der Waals surface area contributed by atoms with Crippen LogP contribution in [0.3, 0.4) is 0 Å². The van der Waals surface area contributed by atoms with Gasteiger partial charge in [0.15, 0.2) is 0 Å². The molecule has 0 amide bonds. The van der Waals surface area contributed by atoms with E-state index in [1.54, 1.807) is 0 Å². The Labute approximate surface area is 140 Å². The minimum Gasteiger partial charge on any atom is -0.497 e. The maximum absolute atomic E-state index is 5.97. The molecule has 3 radical (unpaired) electrons. The van der Waals surface area contributed by atoms with Gasteiger partial charge in [-0.2, -0.15) is 0 Å². The van der Waals surface area contributed by atoms with Gasteiger partial charge in [0.2, 0.25) is 0 Å². The van der Waals surface area contributed by atoms with Crippen molar-refractivity contribution in [1.82, 2.24) is 0 Å². The molecule has 1 nitrogen and oxygen atoms in total. The highest BCUT2D eigenvalue weighted by atomic mass is 28.1. The summed E-state index contributed by atoms with van der Waals surface area (Å²) in [6.45, 7) is 0. The zero-order valence-electron chi connectivity index (χ0n) is 13.1. The number of benzene rings is 3. The molecule has 1 aliphatic carbocycles. The first-order valence-corrected chi connectivity index (χ1v) is 9.01. The van der Waals surface area contributed by atoms with E-state index < -0.39 is 0 Å². The van der Waals surface area contributed by atoms with Crippen LogP contribution in [0.25, 0.3) is 27.1 Å². The summed E-state index contributed by atoms with van der Waals surface area (Å²) in [6.07, 6.45) is 7.89. The lowest BCUT2D eigenvalue weighted by atomic mass is 9.86. The second kappa shape index (κ2) is 6.21. The number of hydrogen-bond donors (Lipinski definition) is 0. The van der Waals surface area contributed by atoms with Crippen molar-refractivity contribution >= 4 is 37.4 Å². The molecule has 0 spiro atoms. The van der Waals surface area contributed by atoms with E-state index in [1.807, 2.05) is 0 Å². The molecular formula is C21H19OSi. The van der Waals surface area contributed by atoms with Crippen LogP contribution < -0.4 is 4.74 Å². The van der Waals surface area contributed by atoms with Gasteiger partial charge in [0.05, 0.1) is 16.5 Å². The van der Waals surface area contributed by atoms with E-state index in [4.69, 9.17) is 4.74 Å². The average Bonchev–Trinajstić information content (AvgIpc) is 2.62. The highest BCUT2D eigenvalue weighted by Crippen LogP contribution is 2.43. The number of fused-ring (bicyclic) bond motifs is 2. The van der Waals surface area contributed by atoms with Gasteiger partial charge in [-0.05, 0) is 47.6 Å². The summed E-state index contributed by atoms with van der Waals surface area (Å²) in [4.78, 5) is 0. The number of rotatable bonds is 3. The van der Waals surface area contributed by atoms with Crippen LogP contribution in [0.15, 0.2) is 54.6 Å². The molecule has 0 atom stereocenters. The van der Waals surface area contributed by atoms with Crippen LogP contribution in [0.4, 0.5) is 0 Å². The quantitative estimate of drug-likeness (QED) is 0.461. The van der Waals surface area contributed by atoms with Crippen molar-refractivity contribution in [3.05, 3.63) is 60.2 Å². The van der Waals surface area contributed by atoms with E-state index in [0.717, 1.165) is 5.75 Å². The third-order valence-corrected chi connectivity index (χ3v) is 4.85. The van der Waals surface area contributed by atoms with Crippen LogP contribution in [0.1, 0.15) is 31.2 Å². The number of hydrogen-bond acceptors (Lipinski definition) is 1. The van der Waals surface area contributed by atoms with E-state index in [0.29, 0.717) is 6.23 Å². The summed E-state index contributed by atoms with van der Waals surface area (Å²) in [7, 11) is 3.47. The number of allylic oxidation sites excluding steroid dienone is 2. The first kappa shape index (κ1) is 14.5. The first-order valence-electron chi connectivity index (χ1n) is 8.30. The smallest absolute Gasteiger partial charge is 0.134 e. The molecule has 0 aliphatic heterocycles. The van der Waals surface area contributed by atoms with Gasteiger partial charge in [0.25, 0.3) is 0 Å². The number of ether oxygens (including phenoxy) is 1. The van der Waals surface area contributed by atoms with Crippen LogP contribution in [-0.4, -0.2) is 16.5 Å². The second-order valence-electron chi connectivity index (χ2n) is 6.06. The van der Waals surface area contributed by atoms with Crippen molar-refractivity contribution in [2.24, 2.45) is 0 Å². The Balaban J connectivity index is 2.14. The zero-order valence-corrected chi connectivity index (χ0v) is 14.1. The Kier molecular flexibility index (Phi) is 3.92. The molecule has 0 heterocycles. The SMILES string of the molecule is [Si]COc1c2ccccc2c(C2=CCCCC2)c2ccccc12. The molecule has 2 heteroatoms. The molecule has 113 valence electrons. The van der Waals surface area contributed by atoms with Crippen molar-refractivity contribution in [2.45, 2.75) is 25.7 Å². The lowest BCUT2D eigenvalue weighted by Gasteiger charge is -2.20. The summed E-state index contributed by atoms with van der Waals surface area (Å²) in [5.41, 5.74) is 2.89. The third kappa shape index (κ3) is 2.47. The first-order chi connectivity index (χ1) is 11.4. The van der Waals surface area contributed by atoms with Gasteiger partial charge in [-0.3, -0.25) is 0 Å². The summed E-state index contributed by atoms with van der Waals surface area (Å²) in [6, 6.07) is 17.2. The second-order valence-corrected chi connectivity index (χ2v) is 6.35. The molecule has 1 aliphatic rings. The minimum atomic E-state index is 0.496. The Bertz CT molecular complexity index is 838. The highest BCUT2D eigenvalue weighted by molar-refractivity contribution is 6.14. The minimum absolute atomic E-state index is 0.496. The standard InChI is InChI=1S/C21H19OSi/c23-14-22-21-18-12-6-4-10-16(18)20(15-8-2-1-3-9-15)17-11-5-7-13-19(17)21/h4-8,10-13H,1-3,9,14H2. The molecule has 0 unspecified atom stereocenters. The Morgan fingerprint density at radius 1 is 0.826 bits per heavy atom. The molecule has 0 bridgehead atoms. The lowest BCUT2D eigenvalue weighted by molar-refractivity contribution is 0.396. The largest absolute Gasteiger partial charge is 0.497 e. The molecule has 4 rings (SSSR count). The maximum atomic E-state index is 5.97. The predicted octanol–water partition coefficient (Wildman–Crippen LogP) is 5.46. The molecule has 0 fully saturated rings. The van der Waals surface area contributed by atoms with Gasteiger partial charge < -0.3 is 4.74 Å². The summed E-state index contributed by atoms with van der Waals surface area (Å²) >= 11 is 0. The summed E-state index contributed by atoms with van der Waals surface area (Å²) in [5, 5.41) is 5.00. The maximum Gasteiger partial charge on any atom is 0.134 e. The molecule has 0 saturated heterocycles. The van der Waals surface area contributed by atoms with Crippen LogP contribution in [0, 0.1) is 0 Å². The summed E-state index contributed by atoms with van der Waals surface area (Å²) < 4.78 is 5.97. The van der Waals surface area contributed by atoms with Gasteiger partial charge in [0.1, 0.15) is 5.75 Å². The monoisotopic (exact) mass is 315 g/mol. The average molecular weight is 315 g/mol. The Morgan fingerprint density at radius 2 is 1.43 bits per heavy atom. The fraction of sp³-hybridized carbons (Fsp3) is 0.238. The molecule has 3 aromatic carbocycles. The van der Waals surface area contributed by atoms with E-state index in [2.05, 4.69) is 64.8 Å². The highest BCUT2D eigenvalue weighted by Gasteiger charge is 2.17. The van der Waals surface area contributed by atoms with Gasteiger partial charge in [-0.25, -0.2) is 0 Å². The van der Waals surface area contributed by atoms with Crippen LogP contribution in [0.2, 0.25) is 0 Å². The van der Waals surface area contributed by atoms with E-state index in [1.165, 1.54) is 58.4 Å². The van der Waals surface area contributed by atoms with E-state index in [-0.39, 0.29) is 0 Å². The van der Waals surface area contributed by atoms with Crippen molar-refractivity contribution in [2.75, 3.05) is 6.23 Å². The zero-order chi connectivity index (χ0) is 15.6. The summed E-state index contributed by atoms with van der Waals surface area (Å²) in [5.74, 6) is 0.978. The molecule has 0 aromatic heterocycles. The Hall–Kier alpha value is -2.06. The molecule has 23 heavy (non-hydrogen) atoms. The van der Waals surface area contributed by atoms with Gasteiger partial charge >= 0.3 is 0 Å². The molecular weight excluding hydrogens is 296 g/mol. The van der Waals surface area contributed by atoms with Crippen molar-refractivity contribution in [1.29, 1.82) is 0 Å². The van der Waals surface area contributed by atoms with Gasteiger partial charge in [-0.15, -0.1) is 0 Å². The van der Waals surface area contributed by atoms with E-state index in [9.17, 15) is 0 Å². The lowest BCUT2D eigenvalue weighted by Crippen LogP contribution is -2.00. The van der Waals surface area contributed by atoms with Crippen molar-refractivity contribution in [3.8, 4) is 5.75 Å². The van der Waals surface area contributed by atoms with Gasteiger partial charge in [0, 0.05) is 10.8 Å². The molecule has 3 aromatic rings.